The highest BCUT2D eigenvalue weighted by atomic mass is 35.5. The van der Waals surface area contributed by atoms with Crippen LogP contribution >= 0.6 is 23.2 Å². The summed E-state index contributed by atoms with van der Waals surface area (Å²) in [4.78, 5) is 0.362. The van der Waals surface area contributed by atoms with E-state index in [1.807, 2.05) is 34.6 Å². The van der Waals surface area contributed by atoms with E-state index in [0.717, 1.165) is 0 Å². The fraction of sp³-hybridized carbons (Fsp3) is 0.368. The first-order chi connectivity index (χ1) is 11.6. The first-order valence-corrected chi connectivity index (χ1v) is 9.95. The standard InChI is InChI=1S/C17H18Cl2FNOS.C2H6/c1-10-15(8-7-13(18)16(10)19)21-23(22)11-5-6-12(14(20)9-11)17(2,3)4;1-2/h5-9,21H,1-4H3;1-2H3. The largest absolute Gasteiger partial charge is 0.301 e. The first kappa shape index (κ1) is 21.9. The van der Waals surface area contributed by atoms with Gasteiger partial charge in [-0.2, -0.15) is 0 Å². The molecule has 0 radical (unpaired) electrons. The second-order valence-electron chi connectivity index (χ2n) is 6.30. The van der Waals surface area contributed by atoms with Crippen molar-refractivity contribution in [2.75, 3.05) is 4.72 Å². The van der Waals surface area contributed by atoms with Crippen molar-refractivity contribution < 1.29 is 8.60 Å². The van der Waals surface area contributed by atoms with Gasteiger partial charge >= 0.3 is 0 Å². The topological polar surface area (TPSA) is 29.1 Å². The van der Waals surface area contributed by atoms with Gasteiger partial charge in [0.2, 0.25) is 0 Å². The summed E-state index contributed by atoms with van der Waals surface area (Å²) < 4.78 is 29.5. The number of anilines is 1. The SMILES string of the molecule is CC.Cc1c(NS(=O)c2ccc(C(C)(C)C)c(F)c2)ccc(Cl)c1Cl. The fourth-order valence-electron chi connectivity index (χ4n) is 2.14. The summed E-state index contributed by atoms with van der Waals surface area (Å²) in [6.45, 7) is 11.6. The Hall–Kier alpha value is -1.10. The highest BCUT2D eigenvalue weighted by molar-refractivity contribution is 7.86. The Balaban J connectivity index is 0.00000151. The molecular formula is C19H24Cl2FNOS. The van der Waals surface area contributed by atoms with Crippen molar-refractivity contribution >= 4 is 39.9 Å². The van der Waals surface area contributed by atoms with Crippen LogP contribution in [-0.2, 0) is 16.4 Å². The van der Waals surface area contributed by atoms with E-state index in [9.17, 15) is 8.60 Å². The summed E-state index contributed by atoms with van der Waals surface area (Å²) in [6.07, 6.45) is 0. The van der Waals surface area contributed by atoms with Crippen molar-refractivity contribution in [3.63, 3.8) is 0 Å². The van der Waals surface area contributed by atoms with Gasteiger partial charge in [-0.15, -0.1) is 0 Å². The van der Waals surface area contributed by atoms with Gasteiger partial charge in [-0.05, 0) is 47.7 Å². The fourth-order valence-corrected chi connectivity index (χ4v) is 3.45. The molecular weight excluding hydrogens is 380 g/mol. The number of halogens is 3. The third-order valence-electron chi connectivity index (χ3n) is 3.50. The third kappa shape index (κ3) is 5.44. The van der Waals surface area contributed by atoms with Crippen LogP contribution in [0.15, 0.2) is 35.2 Å². The minimum absolute atomic E-state index is 0.308. The molecule has 0 fully saturated rings. The first-order valence-electron chi connectivity index (χ1n) is 8.04. The van der Waals surface area contributed by atoms with Crippen molar-refractivity contribution in [1.29, 1.82) is 0 Å². The lowest BCUT2D eigenvalue weighted by molar-refractivity contribution is 0.520. The van der Waals surface area contributed by atoms with Crippen LogP contribution in [0.1, 0.15) is 45.7 Å². The van der Waals surface area contributed by atoms with Gasteiger partial charge in [0.05, 0.1) is 20.6 Å². The number of benzene rings is 2. The van der Waals surface area contributed by atoms with Crippen LogP contribution in [-0.4, -0.2) is 4.21 Å². The van der Waals surface area contributed by atoms with E-state index in [2.05, 4.69) is 4.72 Å². The van der Waals surface area contributed by atoms with Crippen LogP contribution in [0.4, 0.5) is 10.1 Å². The molecule has 6 heteroatoms. The van der Waals surface area contributed by atoms with Crippen molar-refractivity contribution in [2.24, 2.45) is 0 Å². The Morgan fingerprint density at radius 2 is 1.68 bits per heavy atom. The van der Waals surface area contributed by atoms with Crippen molar-refractivity contribution in [3.05, 3.63) is 57.3 Å². The third-order valence-corrected chi connectivity index (χ3v) is 5.49. The molecule has 1 N–H and O–H groups in total. The van der Waals surface area contributed by atoms with Crippen molar-refractivity contribution in [2.45, 2.75) is 51.9 Å². The lowest BCUT2D eigenvalue weighted by Gasteiger charge is -2.20. The normalized spacial score (nSPS) is 12.2. The van der Waals surface area contributed by atoms with E-state index in [-0.39, 0.29) is 11.2 Å². The Bertz CT molecular complexity index is 773. The molecule has 1 unspecified atom stereocenters. The van der Waals surface area contributed by atoms with Gasteiger partial charge in [-0.25, -0.2) is 8.60 Å². The van der Waals surface area contributed by atoms with Crippen LogP contribution in [0.5, 0.6) is 0 Å². The van der Waals surface area contributed by atoms with Gasteiger partial charge in [0, 0.05) is 0 Å². The van der Waals surface area contributed by atoms with E-state index in [1.54, 1.807) is 31.2 Å². The molecule has 2 aromatic rings. The highest BCUT2D eigenvalue weighted by Crippen LogP contribution is 2.32. The van der Waals surface area contributed by atoms with E-state index in [1.165, 1.54) is 6.07 Å². The van der Waals surface area contributed by atoms with Crippen LogP contribution in [0.25, 0.3) is 0 Å². The number of rotatable bonds is 3. The summed E-state index contributed by atoms with van der Waals surface area (Å²) in [5.74, 6) is -0.365. The molecule has 25 heavy (non-hydrogen) atoms. The zero-order valence-electron chi connectivity index (χ0n) is 15.3. The zero-order valence-corrected chi connectivity index (χ0v) is 17.7. The predicted octanol–water partition coefficient (Wildman–Crippen LogP) is 6.90. The molecule has 0 aromatic heterocycles. The molecule has 0 aliphatic rings. The Morgan fingerprint density at radius 3 is 2.20 bits per heavy atom. The van der Waals surface area contributed by atoms with E-state index >= 15 is 0 Å². The minimum Gasteiger partial charge on any atom is -0.301 e. The van der Waals surface area contributed by atoms with Crippen LogP contribution < -0.4 is 4.72 Å². The Kier molecular flexibility index (Phi) is 7.91. The second-order valence-corrected chi connectivity index (χ2v) is 8.29. The maximum absolute atomic E-state index is 14.2. The van der Waals surface area contributed by atoms with Gasteiger partial charge in [0.25, 0.3) is 0 Å². The summed E-state index contributed by atoms with van der Waals surface area (Å²) in [7, 11) is -1.60. The Morgan fingerprint density at radius 1 is 1.08 bits per heavy atom. The van der Waals surface area contributed by atoms with E-state index in [0.29, 0.717) is 31.8 Å². The zero-order chi connectivity index (χ0) is 19.4. The lowest BCUT2D eigenvalue weighted by Crippen LogP contribution is -2.14. The summed E-state index contributed by atoms with van der Waals surface area (Å²) in [5.41, 5.74) is 1.57. The molecule has 0 aliphatic carbocycles. The molecule has 0 saturated carbocycles. The lowest BCUT2D eigenvalue weighted by atomic mass is 9.87. The quantitative estimate of drug-likeness (QED) is 0.592. The second kappa shape index (κ2) is 9.02. The highest BCUT2D eigenvalue weighted by Gasteiger charge is 2.19. The summed E-state index contributed by atoms with van der Waals surface area (Å²) in [5, 5.41) is 0.837. The number of hydrogen-bond donors (Lipinski definition) is 1. The monoisotopic (exact) mass is 403 g/mol. The van der Waals surface area contributed by atoms with Gasteiger partial charge in [-0.3, -0.25) is 0 Å². The van der Waals surface area contributed by atoms with Crippen LogP contribution in [0.3, 0.4) is 0 Å². The smallest absolute Gasteiger partial charge is 0.150 e. The molecule has 2 aromatic carbocycles. The molecule has 0 spiro atoms. The van der Waals surface area contributed by atoms with Gasteiger partial charge in [0.1, 0.15) is 16.8 Å². The molecule has 0 saturated heterocycles. The van der Waals surface area contributed by atoms with Gasteiger partial charge < -0.3 is 4.72 Å². The van der Waals surface area contributed by atoms with Gasteiger partial charge in [-0.1, -0.05) is 63.9 Å². The van der Waals surface area contributed by atoms with E-state index < -0.39 is 11.0 Å². The van der Waals surface area contributed by atoms with Crippen LogP contribution in [0, 0.1) is 12.7 Å². The Labute approximate surface area is 162 Å². The summed E-state index contributed by atoms with van der Waals surface area (Å²) in [6, 6.07) is 7.96. The predicted molar refractivity (Wildman–Crippen MR) is 108 cm³/mol. The number of hydrogen-bond acceptors (Lipinski definition) is 1. The molecule has 2 nitrogen and oxygen atoms in total. The molecule has 0 amide bonds. The minimum atomic E-state index is -1.60. The molecule has 0 bridgehead atoms. The molecule has 2 rings (SSSR count). The number of nitrogens with one attached hydrogen (secondary N) is 1. The maximum atomic E-state index is 14.2. The van der Waals surface area contributed by atoms with Crippen LogP contribution in [0.2, 0.25) is 10.0 Å². The summed E-state index contributed by atoms with van der Waals surface area (Å²) >= 11 is 12.0. The van der Waals surface area contributed by atoms with E-state index in [4.69, 9.17) is 23.2 Å². The molecule has 138 valence electrons. The molecule has 1 atom stereocenters. The van der Waals surface area contributed by atoms with Crippen molar-refractivity contribution in [1.82, 2.24) is 0 Å². The maximum Gasteiger partial charge on any atom is 0.150 e. The molecule has 0 heterocycles. The molecule has 0 aliphatic heterocycles. The van der Waals surface area contributed by atoms with Gasteiger partial charge in [0.15, 0.2) is 0 Å². The average molecular weight is 404 g/mol. The van der Waals surface area contributed by atoms with Crippen molar-refractivity contribution in [3.8, 4) is 0 Å². The average Bonchev–Trinajstić information content (AvgIpc) is 2.56.